The van der Waals surface area contributed by atoms with Gasteiger partial charge in [-0.2, -0.15) is 0 Å². The zero-order valence-electron chi connectivity index (χ0n) is 9.87. The van der Waals surface area contributed by atoms with Crippen molar-refractivity contribution < 1.29 is 9.18 Å². The predicted octanol–water partition coefficient (Wildman–Crippen LogP) is 2.20. The second-order valence-corrected chi connectivity index (χ2v) is 4.74. The molecule has 0 bridgehead atoms. The van der Waals surface area contributed by atoms with Crippen LogP contribution in [0, 0.1) is 18.7 Å². The Hall–Kier alpha value is -1.42. The summed E-state index contributed by atoms with van der Waals surface area (Å²) in [5.74, 6) is -0.144. The SMILES string of the molecule is Cc1ccc(NC(=O)CC(N)C2CC2)c(F)c1. The van der Waals surface area contributed by atoms with Crippen LogP contribution >= 0.6 is 0 Å². The summed E-state index contributed by atoms with van der Waals surface area (Å²) >= 11 is 0. The molecular weight excluding hydrogens is 219 g/mol. The van der Waals surface area contributed by atoms with Gasteiger partial charge in [-0.3, -0.25) is 4.79 Å². The first-order valence-electron chi connectivity index (χ1n) is 5.88. The quantitative estimate of drug-likeness (QED) is 0.842. The first kappa shape index (κ1) is 12.0. The Morgan fingerprint density at radius 3 is 2.88 bits per heavy atom. The molecule has 0 heterocycles. The van der Waals surface area contributed by atoms with Crippen LogP contribution in [0.2, 0.25) is 0 Å². The van der Waals surface area contributed by atoms with Crippen molar-refractivity contribution >= 4 is 11.6 Å². The summed E-state index contributed by atoms with van der Waals surface area (Å²) in [5, 5.41) is 2.56. The van der Waals surface area contributed by atoms with E-state index in [0.717, 1.165) is 18.4 Å². The van der Waals surface area contributed by atoms with Gasteiger partial charge in [0, 0.05) is 12.5 Å². The van der Waals surface area contributed by atoms with Crippen LogP contribution in [0.15, 0.2) is 18.2 Å². The highest BCUT2D eigenvalue weighted by atomic mass is 19.1. The number of amides is 1. The number of hydrogen-bond acceptors (Lipinski definition) is 2. The van der Waals surface area contributed by atoms with Gasteiger partial charge in [0.15, 0.2) is 0 Å². The summed E-state index contributed by atoms with van der Waals surface area (Å²) in [6.45, 7) is 1.80. The van der Waals surface area contributed by atoms with Crippen molar-refractivity contribution in [2.24, 2.45) is 11.7 Å². The second-order valence-electron chi connectivity index (χ2n) is 4.74. The average molecular weight is 236 g/mol. The smallest absolute Gasteiger partial charge is 0.226 e. The molecule has 0 spiro atoms. The topological polar surface area (TPSA) is 55.1 Å². The maximum absolute atomic E-state index is 13.5. The molecule has 0 aromatic heterocycles. The number of rotatable bonds is 4. The van der Waals surface area contributed by atoms with Gasteiger partial charge in [-0.1, -0.05) is 6.07 Å². The number of benzene rings is 1. The number of nitrogens with two attached hydrogens (primary N) is 1. The summed E-state index contributed by atoms with van der Waals surface area (Å²) < 4.78 is 13.5. The Bertz CT molecular complexity index is 429. The Kier molecular flexibility index (Phi) is 3.43. The summed E-state index contributed by atoms with van der Waals surface area (Å²) in [7, 11) is 0. The Morgan fingerprint density at radius 1 is 1.59 bits per heavy atom. The third-order valence-electron chi connectivity index (χ3n) is 3.05. The van der Waals surface area contributed by atoms with Crippen molar-refractivity contribution in [2.45, 2.75) is 32.2 Å². The number of halogens is 1. The lowest BCUT2D eigenvalue weighted by Crippen LogP contribution is -2.29. The lowest BCUT2D eigenvalue weighted by Gasteiger charge is -2.11. The minimum atomic E-state index is -0.404. The van der Waals surface area contributed by atoms with Crippen molar-refractivity contribution in [2.75, 3.05) is 5.32 Å². The zero-order valence-corrected chi connectivity index (χ0v) is 9.87. The molecule has 2 rings (SSSR count). The lowest BCUT2D eigenvalue weighted by molar-refractivity contribution is -0.116. The van der Waals surface area contributed by atoms with Gasteiger partial charge in [0.1, 0.15) is 5.82 Å². The molecule has 3 N–H and O–H groups in total. The second kappa shape index (κ2) is 4.84. The van der Waals surface area contributed by atoms with Crippen LogP contribution in [0.25, 0.3) is 0 Å². The van der Waals surface area contributed by atoms with Crippen LogP contribution in [0.5, 0.6) is 0 Å². The number of hydrogen-bond donors (Lipinski definition) is 2. The van der Waals surface area contributed by atoms with Gasteiger partial charge < -0.3 is 11.1 Å². The summed E-state index contributed by atoms with van der Waals surface area (Å²) in [4.78, 5) is 11.6. The van der Waals surface area contributed by atoms with E-state index in [9.17, 15) is 9.18 Å². The van der Waals surface area contributed by atoms with Gasteiger partial charge in [0.2, 0.25) is 5.91 Å². The van der Waals surface area contributed by atoms with E-state index in [2.05, 4.69) is 5.32 Å². The molecule has 1 aromatic carbocycles. The fourth-order valence-corrected chi connectivity index (χ4v) is 1.83. The standard InChI is InChI=1S/C13H17FN2O/c1-8-2-5-12(10(14)6-8)16-13(17)7-11(15)9-3-4-9/h2,5-6,9,11H,3-4,7,15H2,1H3,(H,16,17). The highest BCUT2D eigenvalue weighted by Crippen LogP contribution is 2.32. The van der Waals surface area contributed by atoms with Crippen molar-refractivity contribution in [1.29, 1.82) is 0 Å². The van der Waals surface area contributed by atoms with Crippen LogP contribution in [-0.4, -0.2) is 11.9 Å². The molecule has 1 aliphatic rings. The molecule has 0 radical (unpaired) electrons. The minimum Gasteiger partial charge on any atom is -0.327 e. The summed E-state index contributed by atoms with van der Waals surface area (Å²) in [6, 6.07) is 4.64. The molecule has 0 aliphatic heterocycles. The van der Waals surface area contributed by atoms with E-state index >= 15 is 0 Å². The average Bonchev–Trinajstić information content (AvgIpc) is 3.05. The van der Waals surface area contributed by atoms with Crippen LogP contribution in [-0.2, 0) is 4.79 Å². The van der Waals surface area contributed by atoms with Gasteiger partial charge >= 0.3 is 0 Å². The molecule has 1 saturated carbocycles. The van der Waals surface area contributed by atoms with E-state index in [-0.39, 0.29) is 24.1 Å². The fraction of sp³-hybridized carbons (Fsp3) is 0.462. The monoisotopic (exact) mass is 236 g/mol. The highest BCUT2D eigenvalue weighted by Gasteiger charge is 2.29. The molecule has 0 saturated heterocycles. The van der Waals surface area contributed by atoms with E-state index in [1.807, 2.05) is 0 Å². The number of carbonyl (C=O) groups is 1. The molecule has 1 unspecified atom stereocenters. The van der Waals surface area contributed by atoms with Gasteiger partial charge in [-0.25, -0.2) is 4.39 Å². The molecule has 1 amide bonds. The van der Waals surface area contributed by atoms with Crippen molar-refractivity contribution in [3.63, 3.8) is 0 Å². The molecule has 4 heteroatoms. The van der Waals surface area contributed by atoms with Crippen LogP contribution in [0.1, 0.15) is 24.8 Å². The van der Waals surface area contributed by atoms with Gasteiger partial charge in [-0.05, 0) is 43.4 Å². The molecule has 17 heavy (non-hydrogen) atoms. The Morgan fingerprint density at radius 2 is 2.29 bits per heavy atom. The summed E-state index contributed by atoms with van der Waals surface area (Å²) in [6.07, 6.45) is 2.47. The van der Waals surface area contributed by atoms with E-state index < -0.39 is 5.82 Å². The number of carbonyl (C=O) groups excluding carboxylic acids is 1. The van der Waals surface area contributed by atoms with E-state index in [4.69, 9.17) is 5.73 Å². The molecule has 1 atom stereocenters. The molecule has 1 fully saturated rings. The third-order valence-corrected chi connectivity index (χ3v) is 3.05. The predicted molar refractivity (Wildman–Crippen MR) is 65.1 cm³/mol. The van der Waals surface area contributed by atoms with Gasteiger partial charge in [0.25, 0.3) is 0 Å². The highest BCUT2D eigenvalue weighted by molar-refractivity contribution is 5.91. The van der Waals surface area contributed by atoms with E-state index in [1.165, 1.54) is 6.07 Å². The number of anilines is 1. The number of aryl methyl sites for hydroxylation is 1. The van der Waals surface area contributed by atoms with Crippen LogP contribution in [0.3, 0.4) is 0 Å². The van der Waals surface area contributed by atoms with E-state index in [0.29, 0.717) is 5.92 Å². The molecular formula is C13H17FN2O. The molecule has 1 aliphatic carbocycles. The largest absolute Gasteiger partial charge is 0.327 e. The van der Waals surface area contributed by atoms with Gasteiger partial charge in [-0.15, -0.1) is 0 Å². The van der Waals surface area contributed by atoms with Crippen molar-refractivity contribution in [3.05, 3.63) is 29.6 Å². The van der Waals surface area contributed by atoms with Crippen molar-refractivity contribution in [1.82, 2.24) is 0 Å². The lowest BCUT2D eigenvalue weighted by atomic mass is 10.1. The number of nitrogens with one attached hydrogen (secondary N) is 1. The zero-order chi connectivity index (χ0) is 12.4. The fourth-order valence-electron chi connectivity index (χ4n) is 1.83. The first-order valence-corrected chi connectivity index (χ1v) is 5.88. The maximum Gasteiger partial charge on any atom is 0.226 e. The first-order chi connectivity index (χ1) is 8.06. The van der Waals surface area contributed by atoms with Crippen LogP contribution < -0.4 is 11.1 Å². The minimum absolute atomic E-state index is 0.0940. The Balaban J connectivity index is 1.92. The third kappa shape index (κ3) is 3.27. The van der Waals surface area contributed by atoms with Crippen molar-refractivity contribution in [3.8, 4) is 0 Å². The molecule has 92 valence electrons. The molecule has 3 nitrogen and oxygen atoms in total. The summed E-state index contributed by atoms with van der Waals surface area (Å²) in [5.41, 5.74) is 6.90. The van der Waals surface area contributed by atoms with Crippen LogP contribution in [0.4, 0.5) is 10.1 Å². The normalized spacial score (nSPS) is 16.6. The maximum atomic E-state index is 13.5. The van der Waals surface area contributed by atoms with E-state index in [1.54, 1.807) is 19.1 Å². The molecule has 1 aromatic rings. The Labute approximate surface area is 100 Å². The van der Waals surface area contributed by atoms with Gasteiger partial charge in [0.05, 0.1) is 5.69 Å².